The van der Waals surface area contributed by atoms with E-state index < -0.39 is 0 Å². The van der Waals surface area contributed by atoms with Crippen molar-refractivity contribution >= 4 is 56.1 Å². The van der Waals surface area contributed by atoms with Crippen LogP contribution in [0.5, 0.6) is 0 Å². The van der Waals surface area contributed by atoms with Gasteiger partial charge in [0.15, 0.2) is 0 Å². The van der Waals surface area contributed by atoms with Gasteiger partial charge in [-0.3, -0.25) is 9.59 Å². The van der Waals surface area contributed by atoms with Crippen LogP contribution in [0.25, 0.3) is 0 Å². The fourth-order valence-corrected chi connectivity index (χ4v) is 3.21. The molecule has 0 aliphatic heterocycles. The van der Waals surface area contributed by atoms with Gasteiger partial charge in [0.2, 0.25) is 11.8 Å². The second-order valence-corrected chi connectivity index (χ2v) is 7.67. The number of hydrogen-bond donors (Lipinski definition) is 2. The summed E-state index contributed by atoms with van der Waals surface area (Å²) in [5.74, 6) is -1.29. The maximum atomic E-state index is 12.1. The third-order valence-electron chi connectivity index (χ3n) is 4.03. The number of hydrogen-bond acceptors (Lipinski definition) is 4. The van der Waals surface area contributed by atoms with Crippen LogP contribution in [0.2, 0.25) is 0 Å². The molecule has 6 nitrogen and oxygen atoms in total. The van der Waals surface area contributed by atoms with Crippen molar-refractivity contribution in [3.63, 3.8) is 0 Å². The normalized spacial score (nSPS) is 18.6. The Hall–Kier alpha value is -2.32. The molecule has 3 rings (SSSR count). The fraction of sp³-hybridized carbons (Fsp3) is 0.158. The minimum atomic E-state index is -0.375. The standard InChI is InChI=1S/C19H16Br2N4O2/c20-16-7-3-1-5-12(16)10-22-24-18(26)14-9-15(14)19(27)25-23-11-13-6-2-4-8-17(13)21/h1-8,10-11,14-15H,9H2,(H,24,26)(H,25,27)/b22-10+,23-11+. The molecule has 1 saturated carbocycles. The minimum absolute atomic E-state index is 0.270. The van der Waals surface area contributed by atoms with Gasteiger partial charge >= 0.3 is 0 Å². The van der Waals surface area contributed by atoms with E-state index in [9.17, 15) is 9.59 Å². The Bertz CT molecular complexity index is 841. The van der Waals surface area contributed by atoms with E-state index in [1.54, 1.807) is 12.4 Å². The molecule has 2 N–H and O–H groups in total. The molecule has 1 fully saturated rings. The summed E-state index contributed by atoms with van der Waals surface area (Å²) >= 11 is 6.81. The predicted octanol–water partition coefficient (Wildman–Crippen LogP) is 3.45. The van der Waals surface area contributed by atoms with Crippen molar-refractivity contribution < 1.29 is 9.59 Å². The Morgan fingerprint density at radius 3 is 1.63 bits per heavy atom. The maximum Gasteiger partial charge on any atom is 0.244 e. The highest BCUT2D eigenvalue weighted by molar-refractivity contribution is 9.10. The highest BCUT2D eigenvalue weighted by Gasteiger charge is 2.48. The molecule has 138 valence electrons. The molecular formula is C19H16Br2N4O2. The molecule has 2 aromatic rings. The third-order valence-corrected chi connectivity index (χ3v) is 5.48. The first-order valence-electron chi connectivity index (χ1n) is 8.21. The molecule has 0 radical (unpaired) electrons. The number of rotatable bonds is 6. The van der Waals surface area contributed by atoms with Crippen LogP contribution in [0, 0.1) is 11.8 Å². The fourth-order valence-electron chi connectivity index (χ4n) is 2.43. The molecule has 0 bridgehead atoms. The van der Waals surface area contributed by atoms with Crippen molar-refractivity contribution in [2.24, 2.45) is 22.0 Å². The lowest BCUT2D eigenvalue weighted by Crippen LogP contribution is -2.25. The Morgan fingerprint density at radius 1 is 0.815 bits per heavy atom. The third kappa shape index (κ3) is 5.33. The monoisotopic (exact) mass is 490 g/mol. The van der Waals surface area contributed by atoms with E-state index in [0.29, 0.717) is 6.42 Å². The zero-order valence-electron chi connectivity index (χ0n) is 14.1. The van der Waals surface area contributed by atoms with Crippen molar-refractivity contribution in [2.75, 3.05) is 0 Å². The summed E-state index contributed by atoms with van der Waals surface area (Å²) in [7, 11) is 0. The summed E-state index contributed by atoms with van der Waals surface area (Å²) in [6.45, 7) is 0. The number of halogens is 2. The average Bonchev–Trinajstić information content (AvgIpc) is 3.46. The second-order valence-electron chi connectivity index (χ2n) is 5.96. The smallest absolute Gasteiger partial charge is 0.244 e. The van der Waals surface area contributed by atoms with Crippen LogP contribution in [-0.2, 0) is 9.59 Å². The van der Waals surface area contributed by atoms with Crippen LogP contribution in [0.3, 0.4) is 0 Å². The molecular weight excluding hydrogens is 476 g/mol. The SMILES string of the molecule is O=C(N/N=C/c1ccccc1Br)C1CC1C(=O)N/N=C/c1ccccc1Br. The number of benzene rings is 2. The number of amides is 2. The van der Waals surface area contributed by atoms with Crippen LogP contribution in [0.4, 0.5) is 0 Å². The summed E-state index contributed by atoms with van der Waals surface area (Å²) in [6.07, 6.45) is 3.61. The van der Waals surface area contributed by atoms with Gasteiger partial charge in [-0.1, -0.05) is 68.3 Å². The Labute approximate surface area is 173 Å². The zero-order chi connectivity index (χ0) is 19.2. The second kappa shape index (κ2) is 9.05. The van der Waals surface area contributed by atoms with E-state index in [2.05, 4.69) is 52.9 Å². The van der Waals surface area contributed by atoms with Gasteiger partial charge in [-0.05, 0) is 18.6 Å². The van der Waals surface area contributed by atoms with Crippen LogP contribution in [-0.4, -0.2) is 24.2 Å². The summed E-state index contributed by atoms with van der Waals surface area (Å²) in [5, 5.41) is 7.90. The summed E-state index contributed by atoms with van der Waals surface area (Å²) in [5.41, 5.74) is 6.66. The highest BCUT2D eigenvalue weighted by Crippen LogP contribution is 2.38. The molecule has 1 aliphatic rings. The van der Waals surface area contributed by atoms with Gasteiger partial charge in [0.1, 0.15) is 0 Å². The molecule has 2 unspecified atom stereocenters. The number of nitrogens with one attached hydrogen (secondary N) is 2. The largest absolute Gasteiger partial charge is 0.273 e. The molecule has 2 aromatic carbocycles. The minimum Gasteiger partial charge on any atom is -0.273 e. The van der Waals surface area contributed by atoms with Crippen molar-refractivity contribution in [3.8, 4) is 0 Å². The van der Waals surface area contributed by atoms with E-state index in [4.69, 9.17) is 0 Å². The van der Waals surface area contributed by atoms with E-state index in [-0.39, 0.29) is 23.7 Å². The maximum absolute atomic E-state index is 12.1. The van der Waals surface area contributed by atoms with Gasteiger partial charge in [-0.25, -0.2) is 10.9 Å². The highest BCUT2D eigenvalue weighted by atomic mass is 79.9. The van der Waals surface area contributed by atoms with E-state index in [1.165, 1.54) is 0 Å². The number of hydrazone groups is 2. The first-order valence-corrected chi connectivity index (χ1v) is 9.80. The zero-order valence-corrected chi connectivity index (χ0v) is 17.3. The first kappa shape index (κ1) is 19.4. The van der Waals surface area contributed by atoms with Crippen molar-refractivity contribution in [1.29, 1.82) is 0 Å². The van der Waals surface area contributed by atoms with Gasteiger partial charge in [-0.2, -0.15) is 10.2 Å². The predicted molar refractivity (Wildman–Crippen MR) is 111 cm³/mol. The lowest BCUT2D eigenvalue weighted by molar-refractivity contribution is -0.127. The Morgan fingerprint density at radius 2 is 1.22 bits per heavy atom. The van der Waals surface area contributed by atoms with Crippen LogP contribution in [0.1, 0.15) is 17.5 Å². The molecule has 2 amide bonds. The number of nitrogens with zero attached hydrogens (tertiary/aromatic N) is 2. The number of carbonyl (C=O) groups is 2. The molecule has 2 atom stereocenters. The number of carbonyl (C=O) groups excluding carboxylic acids is 2. The topological polar surface area (TPSA) is 82.9 Å². The Balaban J connectivity index is 1.46. The van der Waals surface area contributed by atoms with Crippen LogP contribution in [0.15, 0.2) is 67.7 Å². The van der Waals surface area contributed by atoms with Gasteiger partial charge in [0.25, 0.3) is 0 Å². The lowest BCUT2D eigenvalue weighted by Gasteiger charge is -2.01. The van der Waals surface area contributed by atoms with E-state index in [1.807, 2.05) is 48.5 Å². The lowest BCUT2D eigenvalue weighted by atomic mass is 10.2. The summed E-state index contributed by atoms with van der Waals surface area (Å²) < 4.78 is 1.77. The molecule has 27 heavy (non-hydrogen) atoms. The Kier molecular flexibility index (Phi) is 6.52. The van der Waals surface area contributed by atoms with Gasteiger partial charge in [-0.15, -0.1) is 0 Å². The molecule has 0 spiro atoms. The van der Waals surface area contributed by atoms with Gasteiger partial charge in [0, 0.05) is 20.1 Å². The molecule has 1 aliphatic carbocycles. The first-order chi connectivity index (χ1) is 13.1. The summed E-state index contributed by atoms with van der Waals surface area (Å²) in [6, 6.07) is 15.1. The van der Waals surface area contributed by atoms with Crippen molar-refractivity contribution in [2.45, 2.75) is 6.42 Å². The van der Waals surface area contributed by atoms with Crippen LogP contribution >= 0.6 is 31.9 Å². The molecule has 0 saturated heterocycles. The van der Waals surface area contributed by atoms with Gasteiger partial charge in [0.05, 0.1) is 24.3 Å². The summed E-state index contributed by atoms with van der Waals surface area (Å²) in [4.78, 5) is 24.1. The molecule has 0 heterocycles. The molecule has 8 heteroatoms. The van der Waals surface area contributed by atoms with Crippen molar-refractivity contribution in [1.82, 2.24) is 10.9 Å². The van der Waals surface area contributed by atoms with E-state index >= 15 is 0 Å². The molecule has 0 aromatic heterocycles. The van der Waals surface area contributed by atoms with Gasteiger partial charge < -0.3 is 0 Å². The van der Waals surface area contributed by atoms with Crippen molar-refractivity contribution in [3.05, 3.63) is 68.6 Å². The van der Waals surface area contributed by atoms with Crippen LogP contribution < -0.4 is 10.9 Å². The quantitative estimate of drug-likeness (QED) is 0.479. The average molecular weight is 492 g/mol. The van der Waals surface area contributed by atoms with E-state index in [0.717, 1.165) is 20.1 Å².